The molecule has 0 spiro atoms. The Morgan fingerprint density at radius 1 is 0.243 bits per heavy atom. The number of ether oxygens (including phenoxy) is 1. The molecule has 1 heterocycles. The summed E-state index contributed by atoms with van der Waals surface area (Å²) < 4.78 is 6.55. The SMILES string of the molecule is c1ccc(-c2ccc(-c3ccc(N(c4ccc(-c5ccc(-c6cccc7ccccc67)cc5)cc4)c4ccccc4-c4ccc5c(c4)-c4cccc6cccc(c46)O5)cc3)cc2-c2ccccc2)cc1. The van der Waals surface area contributed by atoms with Gasteiger partial charge in [0.1, 0.15) is 11.5 Å². The van der Waals surface area contributed by atoms with Crippen molar-refractivity contribution in [2.24, 2.45) is 0 Å². The summed E-state index contributed by atoms with van der Waals surface area (Å²) in [5.74, 6) is 1.77. The molecule has 70 heavy (non-hydrogen) atoms. The first-order valence-electron chi connectivity index (χ1n) is 24.0. The van der Waals surface area contributed by atoms with Crippen LogP contribution in [0.25, 0.3) is 99.4 Å². The first-order valence-corrected chi connectivity index (χ1v) is 24.0. The van der Waals surface area contributed by atoms with Crippen LogP contribution in [0.2, 0.25) is 0 Å². The zero-order valence-electron chi connectivity index (χ0n) is 38.3. The summed E-state index contributed by atoms with van der Waals surface area (Å²) in [7, 11) is 0. The lowest BCUT2D eigenvalue weighted by Crippen LogP contribution is -2.11. The van der Waals surface area contributed by atoms with Crippen LogP contribution in [-0.2, 0) is 0 Å². The molecule has 328 valence electrons. The minimum Gasteiger partial charge on any atom is -0.456 e. The number of nitrogens with zero attached hydrogens (tertiary/aromatic N) is 1. The topological polar surface area (TPSA) is 12.5 Å². The molecule has 2 nitrogen and oxygen atoms in total. The number of anilines is 3. The van der Waals surface area contributed by atoms with E-state index < -0.39 is 0 Å². The van der Waals surface area contributed by atoms with Crippen molar-refractivity contribution in [1.29, 1.82) is 0 Å². The van der Waals surface area contributed by atoms with Crippen LogP contribution in [0.4, 0.5) is 17.1 Å². The van der Waals surface area contributed by atoms with Crippen molar-refractivity contribution < 1.29 is 4.74 Å². The van der Waals surface area contributed by atoms with E-state index in [9.17, 15) is 0 Å². The summed E-state index contributed by atoms with van der Waals surface area (Å²) in [5, 5.41) is 4.84. The van der Waals surface area contributed by atoms with E-state index in [0.29, 0.717) is 0 Å². The molecule has 0 saturated heterocycles. The highest BCUT2D eigenvalue weighted by molar-refractivity contribution is 6.05. The number of fused-ring (bicyclic) bond motifs is 3. The predicted molar refractivity (Wildman–Crippen MR) is 294 cm³/mol. The summed E-state index contributed by atoms with van der Waals surface area (Å²) >= 11 is 0. The van der Waals surface area contributed by atoms with E-state index >= 15 is 0 Å². The van der Waals surface area contributed by atoms with Crippen LogP contribution >= 0.6 is 0 Å². The van der Waals surface area contributed by atoms with E-state index in [4.69, 9.17) is 4.74 Å². The summed E-state index contributed by atoms with van der Waals surface area (Å²) in [6.45, 7) is 0. The average molecular weight is 892 g/mol. The van der Waals surface area contributed by atoms with Gasteiger partial charge >= 0.3 is 0 Å². The van der Waals surface area contributed by atoms with E-state index in [1.165, 1.54) is 66.2 Å². The zero-order chi connectivity index (χ0) is 46.4. The highest BCUT2D eigenvalue weighted by atomic mass is 16.5. The van der Waals surface area contributed by atoms with Gasteiger partial charge in [0.2, 0.25) is 0 Å². The summed E-state index contributed by atoms with van der Waals surface area (Å²) in [6, 6.07) is 98.6. The largest absolute Gasteiger partial charge is 0.456 e. The minimum atomic E-state index is 0.868. The molecule has 1 aliphatic heterocycles. The van der Waals surface area contributed by atoms with Gasteiger partial charge in [-0.1, -0.05) is 218 Å². The average Bonchev–Trinajstić information content (AvgIpc) is 3.44. The standard InChI is InChI=1S/C68H45NO/c1-3-14-49(15-4-1)60-42-36-54(44-63(60)51-16-5-2-6-17-51)48-34-40-57(41-35-48)69(56-38-32-47(33-39-56)46-28-30-52(31-29-46)59-24-11-19-50-18-7-8-22-58(50)59)65-26-10-9-23-61(65)55-37-43-66-64(45-55)62-25-12-20-53-21-13-27-67(70-66)68(53)62/h1-45H. The molecule has 0 bridgehead atoms. The van der Waals surface area contributed by atoms with Crippen molar-refractivity contribution in [2.75, 3.05) is 4.90 Å². The summed E-state index contributed by atoms with van der Waals surface area (Å²) in [5.41, 5.74) is 19.7. The quantitative estimate of drug-likeness (QED) is 0.143. The first kappa shape index (κ1) is 41.0. The van der Waals surface area contributed by atoms with E-state index in [1.54, 1.807) is 0 Å². The van der Waals surface area contributed by atoms with Crippen molar-refractivity contribution in [3.05, 3.63) is 273 Å². The zero-order valence-corrected chi connectivity index (χ0v) is 38.3. The van der Waals surface area contributed by atoms with Crippen LogP contribution in [0.5, 0.6) is 11.5 Å². The van der Waals surface area contributed by atoms with Gasteiger partial charge < -0.3 is 9.64 Å². The van der Waals surface area contributed by atoms with Gasteiger partial charge in [-0.15, -0.1) is 0 Å². The predicted octanol–water partition coefficient (Wildman–Crippen LogP) is 19.2. The number of hydrogen-bond acceptors (Lipinski definition) is 2. The maximum atomic E-state index is 6.55. The van der Waals surface area contributed by atoms with Gasteiger partial charge in [0.05, 0.1) is 5.69 Å². The molecule has 0 fully saturated rings. The Morgan fingerprint density at radius 2 is 0.729 bits per heavy atom. The molecule has 0 saturated carbocycles. The Labute approximate surface area is 408 Å². The van der Waals surface area contributed by atoms with E-state index in [-0.39, 0.29) is 0 Å². The normalized spacial score (nSPS) is 11.5. The Balaban J connectivity index is 0.901. The van der Waals surface area contributed by atoms with Crippen LogP contribution < -0.4 is 9.64 Å². The lowest BCUT2D eigenvalue weighted by atomic mass is 9.91. The Morgan fingerprint density at radius 3 is 1.46 bits per heavy atom. The van der Waals surface area contributed by atoms with Crippen LogP contribution in [0.1, 0.15) is 0 Å². The van der Waals surface area contributed by atoms with E-state index in [0.717, 1.165) is 61.8 Å². The van der Waals surface area contributed by atoms with Gasteiger partial charge in [0.15, 0.2) is 0 Å². The third kappa shape index (κ3) is 7.40. The molecule has 12 aromatic carbocycles. The molecule has 13 rings (SSSR count). The Bertz CT molecular complexity index is 3870. The van der Waals surface area contributed by atoms with Crippen LogP contribution in [0.15, 0.2) is 273 Å². The smallest absolute Gasteiger partial charge is 0.135 e. The molecular weight excluding hydrogens is 847 g/mol. The highest BCUT2D eigenvalue weighted by Gasteiger charge is 2.23. The number of benzene rings is 12. The Hall–Kier alpha value is -9.24. The van der Waals surface area contributed by atoms with Crippen LogP contribution in [0.3, 0.4) is 0 Å². The molecule has 0 aliphatic carbocycles. The van der Waals surface area contributed by atoms with Crippen molar-refractivity contribution >= 4 is 38.6 Å². The molecule has 0 N–H and O–H groups in total. The molecule has 0 amide bonds. The fourth-order valence-electron chi connectivity index (χ4n) is 10.4. The number of hydrogen-bond donors (Lipinski definition) is 0. The summed E-state index contributed by atoms with van der Waals surface area (Å²) in [6.07, 6.45) is 0. The molecule has 2 heteroatoms. The Kier molecular flexibility index (Phi) is 10.2. The molecule has 0 atom stereocenters. The molecule has 12 aromatic rings. The first-order chi connectivity index (χ1) is 34.7. The molecular formula is C68H45NO. The number of rotatable bonds is 9. The van der Waals surface area contributed by atoms with Gasteiger partial charge in [-0.05, 0) is 138 Å². The van der Waals surface area contributed by atoms with Gasteiger partial charge in [-0.2, -0.15) is 0 Å². The van der Waals surface area contributed by atoms with Gasteiger partial charge in [0.25, 0.3) is 0 Å². The molecule has 1 aliphatic rings. The second-order valence-electron chi connectivity index (χ2n) is 18.0. The minimum absolute atomic E-state index is 0.868. The maximum Gasteiger partial charge on any atom is 0.135 e. The van der Waals surface area contributed by atoms with Crippen LogP contribution in [-0.4, -0.2) is 0 Å². The van der Waals surface area contributed by atoms with Crippen molar-refractivity contribution in [3.8, 4) is 89.4 Å². The van der Waals surface area contributed by atoms with Gasteiger partial charge in [0, 0.05) is 27.9 Å². The lowest BCUT2D eigenvalue weighted by Gasteiger charge is -2.29. The van der Waals surface area contributed by atoms with E-state index in [1.807, 2.05) is 0 Å². The molecule has 0 aromatic heterocycles. The van der Waals surface area contributed by atoms with Crippen molar-refractivity contribution in [1.82, 2.24) is 0 Å². The fraction of sp³-hybridized carbons (Fsp3) is 0. The third-order valence-electron chi connectivity index (χ3n) is 13.9. The fourth-order valence-corrected chi connectivity index (χ4v) is 10.4. The monoisotopic (exact) mass is 891 g/mol. The molecule has 0 unspecified atom stereocenters. The van der Waals surface area contributed by atoms with Crippen LogP contribution in [0, 0.1) is 0 Å². The maximum absolute atomic E-state index is 6.55. The van der Waals surface area contributed by atoms with E-state index in [2.05, 4.69) is 278 Å². The lowest BCUT2D eigenvalue weighted by molar-refractivity contribution is 0.487. The third-order valence-corrected chi connectivity index (χ3v) is 13.9. The van der Waals surface area contributed by atoms with Gasteiger partial charge in [-0.3, -0.25) is 0 Å². The second kappa shape index (κ2) is 17.4. The highest BCUT2D eigenvalue weighted by Crippen LogP contribution is 2.49. The molecule has 0 radical (unpaired) electrons. The van der Waals surface area contributed by atoms with Gasteiger partial charge in [-0.25, -0.2) is 0 Å². The summed E-state index contributed by atoms with van der Waals surface area (Å²) in [4.78, 5) is 2.40. The number of para-hydroxylation sites is 1. The second-order valence-corrected chi connectivity index (χ2v) is 18.0. The van der Waals surface area contributed by atoms with Crippen molar-refractivity contribution in [3.63, 3.8) is 0 Å². The van der Waals surface area contributed by atoms with Crippen molar-refractivity contribution in [2.45, 2.75) is 0 Å².